The van der Waals surface area contributed by atoms with Crippen molar-refractivity contribution in [1.29, 1.82) is 0 Å². The van der Waals surface area contributed by atoms with E-state index in [2.05, 4.69) is 53.8 Å². The van der Waals surface area contributed by atoms with Crippen LogP contribution in [0.15, 0.2) is 71.1 Å². The number of hydrogen-bond donors (Lipinski definition) is 1. The summed E-state index contributed by atoms with van der Waals surface area (Å²) in [4.78, 5) is 4.48. The number of nitrogens with one attached hydrogen (secondary N) is 1. The Labute approximate surface area is 166 Å². The van der Waals surface area contributed by atoms with E-state index >= 15 is 0 Å². The fraction of sp³-hybridized carbons (Fsp3) is 0.280. The smallest absolute Gasteiger partial charge is 0.128 e. The van der Waals surface area contributed by atoms with Gasteiger partial charge in [-0.25, -0.2) is 4.39 Å². The molecular formula is C25H27FN2. The zero-order valence-electron chi connectivity index (χ0n) is 16.7. The average molecular weight is 375 g/mol. The molecular weight excluding hydrogens is 347 g/mol. The van der Waals surface area contributed by atoms with Crippen LogP contribution in [0.4, 0.5) is 4.39 Å². The van der Waals surface area contributed by atoms with Crippen LogP contribution in [0.3, 0.4) is 0 Å². The van der Waals surface area contributed by atoms with Crippen molar-refractivity contribution < 1.29 is 4.39 Å². The molecule has 3 heteroatoms. The van der Waals surface area contributed by atoms with Crippen molar-refractivity contribution in [1.82, 2.24) is 5.32 Å². The minimum absolute atomic E-state index is 0.167. The van der Waals surface area contributed by atoms with Crippen molar-refractivity contribution in [2.24, 2.45) is 4.99 Å². The van der Waals surface area contributed by atoms with E-state index < -0.39 is 0 Å². The van der Waals surface area contributed by atoms with Gasteiger partial charge in [0.1, 0.15) is 11.7 Å². The molecule has 0 amide bonds. The monoisotopic (exact) mass is 374 g/mol. The molecule has 0 saturated carbocycles. The number of halogens is 1. The topological polar surface area (TPSA) is 24.4 Å². The molecule has 0 bridgehead atoms. The third-order valence-corrected chi connectivity index (χ3v) is 5.10. The van der Waals surface area contributed by atoms with Crippen molar-refractivity contribution in [3.05, 3.63) is 87.6 Å². The Hall–Kier alpha value is -2.90. The summed E-state index contributed by atoms with van der Waals surface area (Å²) in [5.41, 5.74) is 7.33. The summed E-state index contributed by atoms with van der Waals surface area (Å²) in [6.45, 7) is 8.95. The lowest BCUT2D eigenvalue weighted by atomic mass is 9.92. The molecule has 0 unspecified atom stereocenters. The van der Waals surface area contributed by atoms with Crippen LogP contribution in [0, 0.1) is 6.92 Å². The fourth-order valence-electron chi connectivity index (χ4n) is 3.70. The highest BCUT2D eigenvalue weighted by atomic mass is 19.1. The number of fused-ring (bicyclic) bond motifs is 1. The average Bonchev–Trinajstić information content (AvgIpc) is 3.17. The summed E-state index contributed by atoms with van der Waals surface area (Å²) < 4.78 is 14.5. The van der Waals surface area contributed by atoms with Crippen molar-refractivity contribution in [3.8, 4) is 0 Å². The van der Waals surface area contributed by atoms with E-state index in [1.807, 2.05) is 18.2 Å². The van der Waals surface area contributed by atoms with E-state index in [1.54, 1.807) is 6.08 Å². The SMILES string of the molecule is C=C/C=C(C1=NCCN1)\C(CCc1c(C)ccc2c1=CC/C=C\C=C=2)=C(/C)F. The zero-order valence-corrected chi connectivity index (χ0v) is 16.7. The first-order chi connectivity index (χ1) is 13.6. The number of rotatable bonds is 6. The first-order valence-electron chi connectivity index (χ1n) is 9.79. The van der Waals surface area contributed by atoms with Gasteiger partial charge in [-0.3, -0.25) is 4.99 Å². The minimum atomic E-state index is -0.167. The number of hydrogen-bond acceptors (Lipinski definition) is 2. The standard InChI is InChI=1S/C25H27FN2/c1-4-9-24(25-27-16-17-28-25)22(19(3)26)15-14-21-18(2)12-13-20-10-7-5-6-8-11-23(20)21/h4-7,9,11-13H,1,8,14-17H2,2-3H3,(H,27,28)/b6-5-,22-19+,23-11?,24-9+. The third kappa shape index (κ3) is 4.49. The molecule has 1 aliphatic carbocycles. The molecule has 28 heavy (non-hydrogen) atoms. The van der Waals surface area contributed by atoms with Gasteiger partial charge in [-0.05, 0) is 67.2 Å². The molecule has 2 nitrogen and oxygen atoms in total. The largest absolute Gasteiger partial charge is 0.368 e. The van der Waals surface area contributed by atoms with Gasteiger partial charge in [-0.1, -0.05) is 43.0 Å². The highest BCUT2D eigenvalue weighted by Crippen LogP contribution is 2.24. The van der Waals surface area contributed by atoms with E-state index in [0.29, 0.717) is 12.0 Å². The van der Waals surface area contributed by atoms with Crippen LogP contribution < -0.4 is 15.8 Å². The Balaban J connectivity index is 1.99. The quantitative estimate of drug-likeness (QED) is 0.749. The molecule has 1 aliphatic heterocycles. The second-order valence-corrected chi connectivity index (χ2v) is 6.99. The molecule has 0 radical (unpaired) electrons. The summed E-state index contributed by atoms with van der Waals surface area (Å²) in [5.74, 6) is 0.597. The molecule has 0 spiro atoms. The molecule has 1 aromatic carbocycles. The van der Waals surface area contributed by atoms with E-state index in [9.17, 15) is 4.39 Å². The van der Waals surface area contributed by atoms with Gasteiger partial charge in [-0.2, -0.15) is 0 Å². The summed E-state index contributed by atoms with van der Waals surface area (Å²) in [6.07, 6.45) is 14.1. The van der Waals surface area contributed by atoms with Gasteiger partial charge >= 0.3 is 0 Å². The molecule has 0 atom stereocenters. The molecule has 1 heterocycles. The Morgan fingerprint density at radius 3 is 2.96 bits per heavy atom. The van der Waals surface area contributed by atoms with Gasteiger partial charge in [0.25, 0.3) is 0 Å². The number of benzene rings is 1. The Morgan fingerprint density at radius 2 is 2.25 bits per heavy atom. The Kier molecular flexibility index (Phi) is 6.62. The predicted molar refractivity (Wildman–Crippen MR) is 117 cm³/mol. The first-order valence-corrected chi connectivity index (χ1v) is 9.79. The van der Waals surface area contributed by atoms with Crippen molar-refractivity contribution in [2.75, 3.05) is 13.1 Å². The lowest BCUT2D eigenvalue weighted by molar-refractivity contribution is 0.621. The molecule has 0 fully saturated rings. The summed E-state index contributed by atoms with van der Waals surface area (Å²) >= 11 is 0. The second kappa shape index (κ2) is 9.34. The van der Waals surface area contributed by atoms with Gasteiger partial charge in [-0.15, -0.1) is 5.73 Å². The minimum Gasteiger partial charge on any atom is -0.368 e. The summed E-state index contributed by atoms with van der Waals surface area (Å²) in [5, 5.41) is 5.56. The van der Waals surface area contributed by atoms with Crippen LogP contribution in [-0.4, -0.2) is 18.9 Å². The number of amidine groups is 1. The number of allylic oxidation sites excluding steroid dienone is 6. The normalized spacial score (nSPS) is 17.8. The maximum Gasteiger partial charge on any atom is 0.128 e. The Morgan fingerprint density at radius 1 is 1.39 bits per heavy atom. The van der Waals surface area contributed by atoms with Crippen LogP contribution in [0.2, 0.25) is 0 Å². The van der Waals surface area contributed by atoms with Crippen molar-refractivity contribution in [2.45, 2.75) is 33.1 Å². The summed E-state index contributed by atoms with van der Waals surface area (Å²) in [6, 6.07) is 4.24. The molecule has 0 aromatic heterocycles. The Bertz CT molecular complexity index is 1040. The van der Waals surface area contributed by atoms with Gasteiger partial charge in [0.15, 0.2) is 0 Å². The van der Waals surface area contributed by atoms with Gasteiger partial charge < -0.3 is 5.32 Å². The number of aliphatic imine (C=N–C) groups is 1. The molecule has 144 valence electrons. The lowest BCUT2D eigenvalue weighted by Gasteiger charge is -2.15. The van der Waals surface area contributed by atoms with E-state index in [0.717, 1.165) is 42.6 Å². The lowest BCUT2D eigenvalue weighted by Crippen LogP contribution is -2.29. The van der Waals surface area contributed by atoms with Crippen LogP contribution >= 0.6 is 0 Å². The van der Waals surface area contributed by atoms with E-state index in [-0.39, 0.29) is 5.83 Å². The molecule has 1 N–H and O–H groups in total. The van der Waals surface area contributed by atoms with Crippen molar-refractivity contribution in [3.63, 3.8) is 0 Å². The fourth-order valence-corrected chi connectivity index (χ4v) is 3.70. The van der Waals surface area contributed by atoms with E-state index in [4.69, 9.17) is 0 Å². The second-order valence-electron chi connectivity index (χ2n) is 6.99. The highest BCUT2D eigenvalue weighted by Gasteiger charge is 2.18. The maximum atomic E-state index is 14.5. The summed E-state index contributed by atoms with van der Waals surface area (Å²) in [7, 11) is 0. The van der Waals surface area contributed by atoms with Crippen LogP contribution in [0.1, 0.15) is 30.9 Å². The van der Waals surface area contributed by atoms with Crippen LogP contribution in [0.5, 0.6) is 0 Å². The van der Waals surface area contributed by atoms with Crippen LogP contribution in [-0.2, 0) is 6.42 Å². The highest BCUT2D eigenvalue weighted by molar-refractivity contribution is 6.03. The zero-order chi connectivity index (χ0) is 19.9. The van der Waals surface area contributed by atoms with Crippen molar-refractivity contribution >= 4 is 17.6 Å². The molecule has 3 rings (SSSR count). The van der Waals surface area contributed by atoms with E-state index in [1.165, 1.54) is 23.3 Å². The first kappa shape index (κ1) is 19.9. The molecule has 0 saturated heterocycles. The maximum absolute atomic E-state index is 14.5. The molecule has 1 aromatic rings. The molecule has 2 aliphatic rings. The van der Waals surface area contributed by atoms with Crippen LogP contribution in [0.25, 0.3) is 11.8 Å². The van der Waals surface area contributed by atoms with Gasteiger partial charge in [0.2, 0.25) is 0 Å². The van der Waals surface area contributed by atoms with Gasteiger partial charge in [0, 0.05) is 17.3 Å². The number of nitrogens with zero attached hydrogens (tertiary/aromatic N) is 1. The third-order valence-electron chi connectivity index (χ3n) is 5.10. The van der Waals surface area contributed by atoms with Gasteiger partial charge in [0.05, 0.1) is 6.54 Å². The predicted octanol–water partition coefficient (Wildman–Crippen LogP) is 3.96. The number of aryl methyl sites for hydroxylation is 1.